The van der Waals surface area contributed by atoms with E-state index in [1.165, 1.54) is 10.5 Å². The second-order valence-corrected chi connectivity index (χ2v) is 6.79. The van der Waals surface area contributed by atoms with Gasteiger partial charge in [0.1, 0.15) is 11.5 Å². The Balaban J connectivity index is 1.71. The van der Waals surface area contributed by atoms with E-state index in [2.05, 4.69) is 17.4 Å². The lowest BCUT2D eigenvalue weighted by atomic mass is 10.0. The van der Waals surface area contributed by atoms with Gasteiger partial charge in [-0.05, 0) is 24.1 Å². The van der Waals surface area contributed by atoms with E-state index in [-0.39, 0.29) is 11.9 Å². The molecule has 3 rings (SSSR count). The van der Waals surface area contributed by atoms with E-state index in [9.17, 15) is 4.79 Å². The second-order valence-electron chi connectivity index (χ2n) is 5.65. The molecule has 0 bridgehead atoms. The third kappa shape index (κ3) is 3.67. The van der Waals surface area contributed by atoms with Crippen LogP contribution in [-0.4, -0.2) is 25.9 Å². The van der Waals surface area contributed by atoms with Gasteiger partial charge in [0.15, 0.2) is 0 Å². The van der Waals surface area contributed by atoms with Gasteiger partial charge in [-0.1, -0.05) is 24.3 Å². The Labute approximate surface area is 146 Å². The molecule has 24 heavy (non-hydrogen) atoms. The maximum atomic E-state index is 12.5. The van der Waals surface area contributed by atoms with Crippen molar-refractivity contribution in [2.45, 2.75) is 23.8 Å². The van der Waals surface area contributed by atoms with Crippen molar-refractivity contribution in [1.82, 2.24) is 5.32 Å². The first-order valence-corrected chi connectivity index (χ1v) is 8.92. The van der Waals surface area contributed by atoms with Gasteiger partial charge in [0, 0.05) is 22.3 Å². The van der Waals surface area contributed by atoms with Gasteiger partial charge >= 0.3 is 0 Å². The number of amides is 1. The molecule has 5 heteroatoms. The van der Waals surface area contributed by atoms with E-state index in [1.54, 1.807) is 20.3 Å². The fourth-order valence-corrected chi connectivity index (χ4v) is 4.03. The Morgan fingerprint density at radius 2 is 2.04 bits per heavy atom. The fraction of sp³-hybridized carbons (Fsp3) is 0.316. The quantitative estimate of drug-likeness (QED) is 0.901. The lowest BCUT2D eigenvalue weighted by molar-refractivity contribution is -0.121. The molecule has 0 aliphatic carbocycles. The summed E-state index contributed by atoms with van der Waals surface area (Å²) < 4.78 is 10.6. The van der Waals surface area contributed by atoms with Crippen LogP contribution in [-0.2, 0) is 11.2 Å². The predicted octanol–water partition coefficient (Wildman–Crippen LogP) is 3.60. The number of fused-ring (bicyclic) bond motifs is 1. The Hall–Kier alpha value is -2.14. The number of thioether (sulfide) groups is 1. The zero-order valence-corrected chi connectivity index (χ0v) is 14.7. The zero-order chi connectivity index (χ0) is 16.9. The molecule has 0 saturated heterocycles. The molecule has 1 aliphatic heterocycles. The summed E-state index contributed by atoms with van der Waals surface area (Å²) in [6.07, 6.45) is 1.24. The number of ether oxygens (including phenoxy) is 2. The first-order chi connectivity index (χ1) is 11.7. The molecule has 0 spiro atoms. The highest BCUT2D eigenvalue weighted by atomic mass is 32.2. The summed E-state index contributed by atoms with van der Waals surface area (Å²) in [5.41, 5.74) is 2.07. The molecule has 0 saturated carbocycles. The van der Waals surface area contributed by atoms with Crippen molar-refractivity contribution in [2.24, 2.45) is 0 Å². The van der Waals surface area contributed by atoms with Gasteiger partial charge < -0.3 is 14.8 Å². The maximum absolute atomic E-state index is 12.5. The predicted molar refractivity (Wildman–Crippen MR) is 95.9 cm³/mol. The highest BCUT2D eigenvalue weighted by Crippen LogP contribution is 2.36. The summed E-state index contributed by atoms with van der Waals surface area (Å²) in [4.78, 5) is 13.8. The molecule has 1 aliphatic rings. The average Bonchev–Trinajstić information content (AvgIpc) is 2.62. The molecular formula is C19H21NO3S. The van der Waals surface area contributed by atoms with Gasteiger partial charge in [-0.3, -0.25) is 4.79 Å². The molecule has 1 heterocycles. The van der Waals surface area contributed by atoms with E-state index < -0.39 is 0 Å². The lowest BCUT2D eigenvalue weighted by Crippen LogP contribution is -2.31. The van der Waals surface area contributed by atoms with Gasteiger partial charge in [-0.15, -0.1) is 11.8 Å². The van der Waals surface area contributed by atoms with Crippen LogP contribution >= 0.6 is 11.8 Å². The van der Waals surface area contributed by atoms with Gasteiger partial charge in [-0.2, -0.15) is 0 Å². The van der Waals surface area contributed by atoms with Gasteiger partial charge in [0.25, 0.3) is 0 Å². The van der Waals surface area contributed by atoms with Crippen LogP contribution in [0.2, 0.25) is 0 Å². The van der Waals surface area contributed by atoms with E-state index in [4.69, 9.17) is 9.47 Å². The van der Waals surface area contributed by atoms with Crippen LogP contribution in [0.25, 0.3) is 0 Å². The summed E-state index contributed by atoms with van der Waals surface area (Å²) >= 11 is 1.85. The number of benzene rings is 2. The zero-order valence-electron chi connectivity index (χ0n) is 13.9. The number of methoxy groups -OCH3 is 2. The highest BCUT2D eigenvalue weighted by molar-refractivity contribution is 7.99. The Bertz CT molecular complexity index is 732. The number of hydrogen-bond donors (Lipinski definition) is 1. The number of carbonyl (C=O) groups excluding carboxylic acids is 1. The maximum Gasteiger partial charge on any atom is 0.225 e. The highest BCUT2D eigenvalue weighted by Gasteiger charge is 2.22. The first-order valence-electron chi connectivity index (χ1n) is 7.93. The number of nitrogens with one attached hydrogen (secondary N) is 1. The minimum Gasteiger partial charge on any atom is -0.497 e. The topological polar surface area (TPSA) is 47.6 Å². The molecule has 0 aromatic heterocycles. The van der Waals surface area contributed by atoms with Crippen LogP contribution in [0.15, 0.2) is 47.4 Å². The van der Waals surface area contributed by atoms with Crippen molar-refractivity contribution < 1.29 is 14.3 Å². The first kappa shape index (κ1) is 16.7. The van der Waals surface area contributed by atoms with Crippen LogP contribution in [0.4, 0.5) is 0 Å². The number of rotatable bonds is 5. The number of carbonyl (C=O) groups is 1. The second kappa shape index (κ2) is 7.62. The molecular weight excluding hydrogens is 322 g/mol. The standard InChI is InChI=1S/C19H21NO3S/c1-22-14-8-7-13(17(12-14)23-2)11-19(21)20-16-9-10-24-18-6-4-3-5-15(16)18/h3-8,12,16H,9-11H2,1-2H3,(H,20,21)/t16-/m1/s1. The molecule has 1 N–H and O–H groups in total. The Morgan fingerprint density at radius 1 is 1.21 bits per heavy atom. The van der Waals surface area contributed by atoms with Crippen LogP contribution in [0.3, 0.4) is 0 Å². The molecule has 1 amide bonds. The van der Waals surface area contributed by atoms with Gasteiger partial charge in [0.05, 0.1) is 26.7 Å². The minimum absolute atomic E-state index is 0.00479. The van der Waals surface area contributed by atoms with Gasteiger partial charge in [0.2, 0.25) is 5.91 Å². The van der Waals surface area contributed by atoms with E-state index in [0.29, 0.717) is 17.9 Å². The van der Waals surface area contributed by atoms with E-state index in [1.807, 2.05) is 36.0 Å². The molecule has 0 radical (unpaired) electrons. The summed E-state index contributed by atoms with van der Waals surface area (Å²) in [6.45, 7) is 0. The third-order valence-electron chi connectivity index (χ3n) is 4.14. The molecule has 126 valence electrons. The number of hydrogen-bond acceptors (Lipinski definition) is 4. The monoisotopic (exact) mass is 343 g/mol. The molecule has 4 nitrogen and oxygen atoms in total. The normalized spacial score (nSPS) is 16.2. The largest absolute Gasteiger partial charge is 0.497 e. The molecule has 0 fully saturated rings. The van der Waals surface area contributed by atoms with Crippen LogP contribution < -0.4 is 14.8 Å². The van der Waals surface area contributed by atoms with Crippen LogP contribution in [0, 0.1) is 0 Å². The Morgan fingerprint density at radius 3 is 2.83 bits per heavy atom. The van der Waals surface area contributed by atoms with E-state index >= 15 is 0 Å². The van der Waals surface area contributed by atoms with Crippen molar-refractivity contribution in [3.8, 4) is 11.5 Å². The molecule has 1 atom stereocenters. The average molecular weight is 343 g/mol. The molecule has 2 aromatic rings. The summed E-state index contributed by atoms with van der Waals surface area (Å²) in [5, 5.41) is 3.16. The fourth-order valence-electron chi connectivity index (χ4n) is 2.91. The van der Waals surface area contributed by atoms with Gasteiger partial charge in [-0.25, -0.2) is 0 Å². The van der Waals surface area contributed by atoms with E-state index in [0.717, 1.165) is 17.7 Å². The van der Waals surface area contributed by atoms with Crippen LogP contribution in [0.1, 0.15) is 23.6 Å². The lowest BCUT2D eigenvalue weighted by Gasteiger charge is -2.26. The van der Waals surface area contributed by atoms with Crippen molar-refractivity contribution in [1.29, 1.82) is 0 Å². The van der Waals surface area contributed by atoms with Crippen molar-refractivity contribution >= 4 is 17.7 Å². The van der Waals surface area contributed by atoms with Crippen molar-refractivity contribution in [3.63, 3.8) is 0 Å². The SMILES string of the molecule is COc1ccc(CC(=O)N[C@@H]2CCSc3ccccc32)c(OC)c1. The third-order valence-corrected chi connectivity index (χ3v) is 5.26. The molecule has 0 unspecified atom stereocenters. The molecule has 2 aromatic carbocycles. The Kier molecular flexibility index (Phi) is 5.30. The van der Waals surface area contributed by atoms with Crippen LogP contribution in [0.5, 0.6) is 11.5 Å². The summed E-state index contributed by atoms with van der Waals surface area (Å²) in [6, 6.07) is 13.9. The summed E-state index contributed by atoms with van der Waals surface area (Å²) in [7, 11) is 3.21. The summed E-state index contributed by atoms with van der Waals surface area (Å²) in [5.74, 6) is 2.41. The smallest absolute Gasteiger partial charge is 0.225 e. The van der Waals surface area contributed by atoms with Crippen molar-refractivity contribution in [2.75, 3.05) is 20.0 Å². The van der Waals surface area contributed by atoms with Crippen molar-refractivity contribution in [3.05, 3.63) is 53.6 Å². The minimum atomic E-state index is 0.00479.